The maximum Gasteiger partial charge on any atom is 0.100 e. The van der Waals surface area contributed by atoms with Gasteiger partial charge in [-0.15, -0.1) is 11.8 Å². The topological polar surface area (TPSA) is 35.2 Å². The normalized spacial score (nSPS) is 35.5. The lowest BCUT2D eigenvalue weighted by Gasteiger charge is -2.24. The summed E-state index contributed by atoms with van der Waals surface area (Å²) in [4.78, 5) is 1.44. The maximum absolute atomic E-state index is 5.63. The SMILES string of the molecule is CC1CSC2=C1CCOC2CN. The second-order valence-electron chi connectivity index (χ2n) is 3.45. The van der Waals surface area contributed by atoms with Crippen molar-refractivity contribution in [2.75, 3.05) is 18.9 Å². The number of ether oxygens (including phenoxy) is 1. The van der Waals surface area contributed by atoms with Gasteiger partial charge in [0.2, 0.25) is 0 Å². The molecular formula is C9H15NOS. The van der Waals surface area contributed by atoms with Gasteiger partial charge >= 0.3 is 0 Å². The maximum atomic E-state index is 5.63. The minimum Gasteiger partial charge on any atom is -0.371 e. The molecule has 2 aliphatic rings. The van der Waals surface area contributed by atoms with E-state index in [2.05, 4.69) is 6.92 Å². The molecule has 0 amide bonds. The van der Waals surface area contributed by atoms with E-state index in [1.54, 1.807) is 5.57 Å². The highest BCUT2D eigenvalue weighted by Gasteiger charge is 2.30. The Morgan fingerprint density at radius 3 is 3.25 bits per heavy atom. The van der Waals surface area contributed by atoms with Crippen molar-refractivity contribution >= 4 is 11.8 Å². The van der Waals surface area contributed by atoms with E-state index in [4.69, 9.17) is 10.5 Å². The van der Waals surface area contributed by atoms with E-state index >= 15 is 0 Å². The van der Waals surface area contributed by atoms with E-state index < -0.39 is 0 Å². The van der Waals surface area contributed by atoms with Crippen molar-refractivity contribution in [2.45, 2.75) is 19.4 Å². The molecule has 2 heterocycles. The van der Waals surface area contributed by atoms with Gasteiger partial charge in [0.05, 0.1) is 6.61 Å². The van der Waals surface area contributed by atoms with Gasteiger partial charge in [0.1, 0.15) is 6.10 Å². The van der Waals surface area contributed by atoms with Crippen LogP contribution in [-0.4, -0.2) is 25.0 Å². The molecule has 2 atom stereocenters. The van der Waals surface area contributed by atoms with Gasteiger partial charge < -0.3 is 10.5 Å². The second kappa shape index (κ2) is 3.40. The summed E-state index contributed by atoms with van der Waals surface area (Å²) in [5, 5.41) is 0. The molecule has 68 valence electrons. The van der Waals surface area contributed by atoms with E-state index in [1.807, 2.05) is 11.8 Å². The summed E-state index contributed by atoms with van der Waals surface area (Å²) in [6.45, 7) is 3.80. The summed E-state index contributed by atoms with van der Waals surface area (Å²) in [5.41, 5.74) is 7.24. The standard InChI is InChI=1S/C9H15NOS/c1-6-5-12-9-7(6)2-3-11-8(9)4-10/h6,8H,2-5,10H2,1H3. The van der Waals surface area contributed by atoms with Crippen LogP contribution in [0, 0.1) is 5.92 Å². The first kappa shape index (κ1) is 8.60. The molecule has 0 fully saturated rings. The zero-order valence-electron chi connectivity index (χ0n) is 7.38. The van der Waals surface area contributed by atoms with Gasteiger partial charge in [-0.05, 0) is 12.3 Å². The fourth-order valence-electron chi connectivity index (χ4n) is 1.88. The molecule has 3 heteroatoms. The molecule has 2 aliphatic heterocycles. The molecule has 0 aliphatic carbocycles. The van der Waals surface area contributed by atoms with Gasteiger partial charge in [-0.25, -0.2) is 0 Å². The Hall–Kier alpha value is 0.01000. The van der Waals surface area contributed by atoms with Crippen LogP contribution in [0.15, 0.2) is 10.5 Å². The molecule has 2 rings (SSSR count). The predicted octanol–water partition coefficient (Wildman–Crippen LogP) is 1.37. The Labute approximate surface area is 77.5 Å². The molecule has 12 heavy (non-hydrogen) atoms. The lowest BCUT2D eigenvalue weighted by atomic mass is 9.97. The highest BCUT2D eigenvalue weighted by molar-refractivity contribution is 8.03. The monoisotopic (exact) mass is 185 g/mol. The third kappa shape index (κ3) is 1.30. The number of hydrogen-bond acceptors (Lipinski definition) is 3. The lowest BCUT2D eigenvalue weighted by molar-refractivity contribution is 0.0782. The van der Waals surface area contributed by atoms with Gasteiger partial charge in [0, 0.05) is 17.2 Å². The molecule has 2 N–H and O–H groups in total. The third-order valence-electron chi connectivity index (χ3n) is 2.60. The van der Waals surface area contributed by atoms with Gasteiger partial charge in [0.25, 0.3) is 0 Å². The highest BCUT2D eigenvalue weighted by Crippen LogP contribution is 2.42. The van der Waals surface area contributed by atoms with E-state index in [0.29, 0.717) is 6.54 Å². The van der Waals surface area contributed by atoms with Crippen molar-refractivity contribution in [3.63, 3.8) is 0 Å². The zero-order chi connectivity index (χ0) is 8.55. The van der Waals surface area contributed by atoms with Crippen LogP contribution in [0.25, 0.3) is 0 Å². The van der Waals surface area contributed by atoms with Crippen molar-refractivity contribution in [1.29, 1.82) is 0 Å². The van der Waals surface area contributed by atoms with Crippen LogP contribution in [0.2, 0.25) is 0 Å². The molecular weight excluding hydrogens is 170 g/mol. The second-order valence-corrected chi connectivity index (χ2v) is 4.51. The Morgan fingerprint density at radius 2 is 2.50 bits per heavy atom. The van der Waals surface area contributed by atoms with Crippen molar-refractivity contribution in [3.05, 3.63) is 10.5 Å². The van der Waals surface area contributed by atoms with E-state index in [1.165, 1.54) is 10.7 Å². The fraction of sp³-hybridized carbons (Fsp3) is 0.778. The largest absolute Gasteiger partial charge is 0.371 e. The molecule has 0 aromatic heterocycles. The summed E-state index contributed by atoms with van der Waals surface area (Å²) in [5.74, 6) is 1.98. The zero-order valence-corrected chi connectivity index (χ0v) is 8.19. The van der Waals surface area contributed by atoms with Crippen LogP contribution in [0.4, 0.5) is 0 Å². The fourth-order valence-corrected chi connectivity index (χ4v) is 3.35. The summed E-state index contributed by atoms with van der Waals surface area (Å²) in [6, 6.07) is 0. The van der Waals surface area contributed by atoms with Crippen molar-refractivity contribution < 1.29 is 4.74 Å². The average molecular weight is 185 g/mol. The number of nitrogens with two attached hydrogens (primary N) is 1. The van der Waals surface area contributed by atoms with Gasteiger partial charge in [-0.1, -0.05) is 12.5 Å². The molecule has 2 nitrogen and oxygen atoms in total. The molecule has 2 unspecified atom stereocenters. The molecule has 0 spiro atoms. The van der Waals surface area contributed by atoms with Gasteiger partial charge in [0.15, 0.2) is 0 Å². The number of rotatable bonds is 1. The highest BCUT2D eigenvalue weighted by atomic mass is 32.2. The predicted molar refractivity (Wildman–Crippen MR) is 52.1 cm³/mol. The first-order valence-electron chi connectivity index (χ1n) is 4.50. The third-order valence-corrected chi connectivity index (χ3v) is 4.10. The van der Waals surface area contributed by atoms with Crippen LogP contribution < -0.4 is 5.73 Å². The number of thioether (sulfide) groups is 1. The Balaban J connectivity index is 2.22. The average Bonchev–Trinajstić information content (AvgIpc) is 2.48. The summed E-state index contributed by atoms with van der Waals surface area (Å²) < 4.78 is 5.59. The summed E-state index contributed by atoms with van der Waals surface area (Å²) >= 11 is 1.94. The van der Waals surface area contributed by atoms with Crippen LogP contribution in [0.1, 0.15) is 13.3 Å². The van der Waals surface area contributed by atoms with Gasteiger partial charge in [-0.2, -0.15) is 0 Å². The van der Waals surface area contributed by atoms with Crippen LogP contribution in [0.5, 0.6) is 0 Å². The molecule has 0 saturated heterocycles. The Kier molecular flexibility index (Phi) is 2.44. The quantitative estimate of drug-likeness (QED) is 0.670. The molecule has 0 aromatic carbocycles. The van der Waals surface area contributed by atoms with Crippen molar-refractivity contribution in [1.82, 2.24) is 0 Å². The van der Waals surface area contributed by atoms with Crippen molar-refractivity contribution in [3.8, 4) is 0 Å². The van der Waals surface area contributed by atoms with Crippen LogP contribution in [0.3, 0.4) is 0 Å². The van der Waals surface area contributed by atoms with E-state index in [0.717, 1.165) is 18.9 Å². The lowest BCUT2D eigenvalue weighted by Crippen LogP contribution is -2.28. The van der Waals surface area contributed by atoms with E-state index in [-0.39, 0.29) is 6.10 Å². The van der Waals surface area contributed by atoms with Crippen LogP contribution >= 0.6 is 11.8 Å². The molecule has 0 aromatic rings. The molecule has 0 saturated carbocycles. The number of hydrogen-bond donors (Lipinski definition) is 1. The van der Waals surface area contributed by atoms with Crippen LogP contribution in [-0.2, 0) is 4.74 Å². The summed E-state index contributed by atoms with van der Waals surface area (Å²) in [7, 11) is 0. The Morgan fingerprint density at radius 1 is 1.67 bits per heavy atom. The van der Waals surface area contributed by atoms with Crippen molar-refractivity contribution in [2.24, 2.45) is 11.7 Å². The van der Waals surface area contributed by atoms with E-state index in [9.17, 15) is 0 Å². The molecule has 0 bridgehead atoms. The Bertz CT molecular complexity index is 215. The minimum atomic E-state index is 0.212. The minimum absolute atomic E-state index is 0.212. The summed E-state index contributed by atoms with van der Waals surface area (Å²) in [6.07, 6.45) is 1.34. The first-order chi connectivity index (χ1) is 5.83. The first-order valence-corrected chi connectivity index (χ1v) is 5.49. The smallest absolute Gasteiger partial charge is 0.100 e. The molecule has 0 radical (unpaired) electrons. The van der Waals surface area contributed by atoms with Gasteiger partial charge in [-0.3, -0.25) is 0 Å².